The highest BCUT2D eigenvalue weighted by atomic mass is 32.2. The topological polar surface area (TPSA) is 74.8 Å². The van der Waals surface area contributed by atoms with Crippen LogP contribution >= 0.6 is 0 Å². The van der Waals surface area contributed by atoms with E-state index in [1.165, 1.54) is 0 Å². The second-order valence-corrected chi connectivity index (χ2v) is 7.34. The van der Waals surface area contributed by atoms with Crippen LogP contribution in [-0.4, -0.2) is 30.2 Å². The molecule has 1 aliphatic carbocycles. The molecule has 20 heavy (non-hydrogen) atoms. The number of hydrogen-bond acceptors (Lipinski definition) is 3. The van der Waals surface area contributed by atoms with E-state index < -0.39 is 10.0 Å². The van der Waals surface area contributed by atoms with Crippen LogP contribution in [0.25, 0.3) is 11.0 Å². The Kier molecular flexibility index (Phi) is 3.76. The van der Waals surface area contributed by atoms with Gasteiger partial charge in [0.2, 0.25) is 10.0 Å². The highest BCUT2D eigenvalue weighted by molar-refractivity contribution is 7.90. The van der Waals surface area contributed by atoms with E-state index in [-0.39, 0.29) is 5.25 Å². The molecule has 0 amide bonds. The van der Waals surface area contributed by atoms with Gasteiger partial charge in [-0.05, 0) is 25.0 Å². The summed E-state index contributed by atoms with van der Waals surface area (Å²) >= 11 is 0. The number of aromatic amines is 1. The maximum absolute atomic E-state index is 12.1. The number of sulfonamides is 1. The van der Waals surface area contributed by atoms with Gasteiger partial charge in [0.15, 0.2) is 0 Å². The molecule has 0 spiro atoms. The minimum atomic E-state index is -3.15. The third-order valence-electron chi connectivity index (χ3n) is 3.84. The number of hydrogen-bond donors (Lipinski definition) is 2. The summed E-state index contributed by atoms with van der Waals surface area (Å²) in [6.07, 6.45) is 4.21. The quantitative estimate of drug-likeness (QED) is 0.885. The summed E-state index contributed by atoms with van der Waals surface area (Å²) in [5, 5.41) is -0.196. The summed E-state index contributed by atoms with van der Waals surface area (Å²) in [5.74, 6) is 0.820. The predicted molar refractivity (Wildman–Crippen MR) is 79.0 cm³/mol. The third kappa shape index (κ3) is 2.86. The average Bonchev–Trinajstić information content (AvgIpc) is 3.07. The van der Waals surface area contributed by atoms with Gasteiger partial charge in [-0.15, -0.1) is 0 Å². The lowest BCUT2D eigenvalue weighted by molar-refractivity contribution is 0.564. The fourth-order valence-corrected chi connectivity index (χ4v) is 4.33. The fourth-order valence-electron chi connectivity index (χ4n) is 2.75. The molecule has 2 aromatic rings. The Bertz CT molecular complexity index is 654. The molecule has 1 heterocycles. The molecule has 0 atom stereocenters. The molecule has 0 saturated heterocycles. The van der Waals surface area contributed by atoms with E-state index in [9.17, 15) is 8.42 Å². The number of imidazole rings is 1. The van der Waals surface area contributed by atoms with Crippen molar-refractivity contribution in [3.63, 3.8) is 0 Å². The summed E-state index contributed by atoms with van der Waals surface area (Å²) in [4.78, 5) is 7.64. The number of nitrogens with one attached hydrogen (secondary N) is 2. The van der Waals surface area contributed by atoms with Gasteiger partial charge in [0, 0.05) is 13.0 Å². The lowest BCUT2D eigenvalue weighted by atomic mass is 10.3. The molecular weight excluding hydrogens is 274 g/mol. The van der Waals surface area contributed by atoms with E-state index in [0.717, 1.165) is 42.5 Å². The third-order valence-corrected chi connectivity index (χ3v) is 5.80. The minimum Gasteiger partial charge on any atom is -0.342 e. The van der Waals surface area contributed by atoms with Gasteiger partial charge in [0.25, 0.3) is 0 Å². The maximum Gasteiger partial charge on any atom is 0.214 e. The first-order valence-corrected chi connectivity index (χ1v) is 8.62. The van der Waals surface area contributed by atoms with Crippen LogP contribution in [0.4, 0.5) is 0 Å². The number of fused-ring (bicyclic) bond motifs is 1. The summed E-state index contributed by atoms with van der Waals surface area (Å²) in [5.41, 5.74) is 1.90. The molecule has 5 nitrogen and oxygen atoms in total. The largest absolute Gasteiger partial charge is 0.342 e. The minimum absolute atomic E-state index is 0.196. The van der Waals surface area contributed by atoms with E-state index in [0.29, 0.717) is 13.0 Å². The number of para-hydroxylation sites is 2. The highest BCUT2D eigenvalue weighted by Crippen LogP contribution is 2.23. The fraction of sp³-hybridized carbons (Fsp3) is 0.500. The second kappa shape index (κ2) is 5.54. The Morgan fingerprint density at radius 2 is 2.00 bits per heavy atom. The average molecular weight is 293 g/mol. The van der Waals surface area contributed by atoms with Crippen molar-refractivity contribution in [1.82, 2.24) is 14.7 Å². The number of nitrogens with zero attached hydrogens (tertiary/aromatic N) is 1. The standard InChI is InChI=1S/C14H19N3O2S/c18-20(19,11-5-1-2-6-11)15-10-9-14-16-12-7-3-4-8-13(12)17-14/h3-4,7-8,11,15H,1-2,5-6,9-10H2,(H,16,17). The van der Waals surface area contributed by atoms with Gasteiger partial charge in [-0.2, -0.15) is 0 Å². The van der Waals surface area contributed by atoms with Gasteiger partial charge in [-0.1, -0.05) is 25.0 Å². The van der Waals surface area contributed by atoms with Crippen LogP contribution in [0.2, 0.25) is 0 Å². The Morgan fingerprint density at radius 1 is 1.25 bits per heavy atom. The molecule has 0 unspecified atom stereocenters. The molecule has 0 radical (unpaired) electrons. The monoisotopic (exact) mass is 293 g/mol. The normalized spacial score (nSPS) is 17.0. The molecule has 1 fully saturated rings. The van der Waals surface area contributed by atoms with Crippen molar-refractivity contribution < 1.29 is 8.42 Å². The van der Waals surface area contributed by atoms with Crippen LogP contribution in [0.1, 0.15) is 31.5 Å². The van der Waals surface area contributed by atoms with Crippen LogP contribution in [0.15, 0.2) is 24.3 Å². The summed E-state index contributed by atoms with van der Waals surface area (Å²) in [6.45, 7) is 0.401. The molecule has 0 aliphatic heterocycles. The van der Waals surface area contributed by atoms with Gasteiger partial charge in [-0.3, -0.25) is 0 Å². The van der Waals surface area contributed by atoms with Crippen molar-refractivity contribution in [2.75, 3.05) is 6.54 Å². The zero-order chi connectivity index (χ0) is 14.0. The van der Waals surface area contributed by atoms with E-state index >= 15 is 0 Å². The van der Waals surface area contributed by atoms with Crippen LogP contribution in [-0.2, 0) is 16.4 Å². The zero-order valence-corrected chi connectivity index (χ0v) is 12.1. The Morgan fingerprint density at radius 3 is 2.75 bits per heavy atom. The molecule has 108 valence electrons. The molecule has 1 saturated carbocycles. The molecule has 1 aliphatic rings. The lowest BCUT2D eigenvalue weighted by Crippen LogP contribution is -2.34. The Balaban J connectivity index is 1.59. The summed E-state index contributed by atoms with van der Waals surface area (Å²) < 4.78 is 26.8. The van der Waals surface area contributed by atoms with Crippen molar-refractivity contribution in [1.29, 1.82) is 0 Å². The number of aromatic nitrogens is 2. The first kappa shape index (κ1) is 13.6. The molecule has 2 N–H and O–H groups in total. The number of H-pyrrole nitrogens is 1. The van der Waals surface area contributed by atoms with E-state index in [2.05, 4.69) is 14.7 Å². The number of rotatable bonds is 5. The smallest absolute Gasteiger partial charge is 0.214 e. The summed E-state index contributed by atoms with van der Waals surface area (Å²) in [7, 11) is -3.15. The van der Waals surface area contributed by atoms with Gasteiger partial charge in [-0.25, -0.2) is 18.1 Å². The van der Waals surface area contributed by atoms with Crippen LogP contribution in [0, 0.1) is 0 Å². The van der Waals surface area contributed by atoms with Gasteiger partial charge < -0.3 is 4.98 Å². The predicted octanol–water partition coefficient (Wildman–Crippen LogP) is 1.97. The molecule has 1 aromatic heterocycles. The Labute approximate surface area is 118 Å². The lowest BCUT2D eigenvalue weighted by Gasteiger charge is -2.11. The molecule has 3 rings (SSSR count). The van der Waals surface area contributed by atoms with Gasteiger partial charge in [0.1, 0.15) is 5.82 Å². The molecular formula is C14H19N3O2S. The molecule has 0 bridgehead atoms. The van der Waals surface area contributed by atoms with Crippen LogP contribution in [0.5, 0.6) is 0 Å². The maximum atomic E-state index is 12.1. The van der Waals surface area contributed by atoms with Crippen molar-refractivity contribution >= 4 is 21.1 Å². The van der Waals surface area contributed by atoms with E-state index in [4.69, 9.17) is 0 Å². The SMILES string of the molecule is O=S(=O)(NCCc1nc2ccccc2[nH]1)C1CCCC1. The van der Waals surface area contributed by atoms with Crippen LogP contribution in [0.3, 0.4) is 0 Å². The van der Waals surface area contributed by atoms with Crippen LogP contribution < -0.4 is 4.72 Å². The second-order valence-electron chi connectivity index (χ2n) is 5.30. The van der Waals surface area contributed by atoms with Gasteiger partial charge in [0.05, 0.1) is 16.3 Å². The van der Waals surface area contributed by atoms with E-state index in [1.54, 1.807) is 0 Å². The number of benzene rings is 1. The van der Waals surface area contributed by atoms with Crippen molar-refractivity contribution in [3.8, 4) is 0 Å². The zero-order valence-electron chi connectivity index (χ0n) is 11.3. The first-order valence-electron chi connectivity index (χ1n) is 7.07. The van der Waals surface area contributed by atoms with E-state index in [1.807, 2.05) is 24.3 Å². The molecule has 1 aromatic carbocycles. The molecule has 6 heteroatoms. The summed E-state index contributed by atoms with van der Waals surface area (Å²) in [6, 6.07) is 7.80. The van der Waals surface area contributed by atoms with Gasteiger partial charge >= 0.3 is 0 Å². The van der Waals surface area contributed by atoms with Crippen molar-refractivity contribution in [2.45, 2.75) is 37.4 Å². The first-order chi connectivity index (χ1) is 9.65. The Hall–Kier alpha value is -1.40. The van der Waals surface area contributed by atoms with Crippen molar-refractivity contribution in [3.05, 3.63) is 30.1 Å². The van der Waals surface area contributed by atoms with Crippen molar-refractivity contribution in [2.24, 2.45) is 0 Å². The highest BCUT2D eigenvalue weighted by Gasteiger charge is 2.27.